The Morgan fingerprint density at radius 3 is 1.18 bits per heavy atom. The zero-order valence-corrected chi connectivity index (χ0v) is 29.2. The number of hydrogen-bond donors (Lipinski definition) is 7. The second-order valence-corrected chi connectivity index (χ2v) is 12.2. The number of phenols is 7. The standard InChI is InChI=1S/C37H46O12/c1-9-12-23(38)25-32(44)19(29(41)17(5)36(25)48-7)14-21-31(43)22(35(47)27(34(21)46)28(40)16(4)11-3)15-20-30(42)18(6)37(49-8)26(33(20)45)24(39)13-10-2/h16,41-47H,9-15H2,1-8H3/t16-/m0/s1. The summed E-state index contributed by atoms with van der Waals surface area (Å²) in [5.41, 5.74) is -2.18. The van der Waals surface area contributed by atoms with E-state index in [2.05, 4.69) is 0 Å². The van der Waals surface area contributed by atoms with E-state index in [-0.39, 0.29) is 57.7 Å². The summed E-state index contributed by atoms with van der Waals surface area (Å²) in [4.78, 5) is 39.7. The van der Waals surface area contributed by atoms with Crippen molar-refractivity contribution in [2.45, 2.75) is 86.5 Å². The number of carbonyl (C=O) groups is 3. The second-order valence-electron chi connectivity index (χ2n) is 12.2. The van der Waals surface area contributed by atoms with Crippen LogP contribution < -0.4 is 9.47 Å². The van der Waals surface area contributed by atoms with Crippen LogP contribution in [-0.4, -0.2) is 67.3 Å². The third-order valence-corrected chi connectivity index (χ3v) is 9.01. The van der Waals surface area contributed by atoms with Crippen molar-refractivity contribution in [2.75, 3.05) is 14.2 Å². The molecule has 0 aliphatic rings. The summed E-state index contributed by atoms with van der Waals surface area (Å²) in [6.07, 6.45) is -0.00157. The predicted molar refractivity (Wildman–Crippen MR) is 181 cm³/mol. The van der Waals surface area contributed by atoms with Crippen LogP contribution in [0.3, 0.4) is 0 Å². The number of carbonyl (C=O) groups excluding carboxylic acids is 3. The van der Waals surface area contributed by atoms with Crippen LogP contribution in [0, 0.1) is 19.8 Å². The van der Waals surface area contributed by atoms with Crippen molar-refractivity contribution in [3.8, 4) is 51.7 Å². The molecular formula is C37H46O12. The van der Waals surface area contributed by atoms with Gasteiger partial charge < -0.3 is 45.2 Å². The molecule has 12 heteroatoms. The highest BCUT2D eigenvalue weighted by molar-refractivity contribution is 6.05. The van der Waals surface area contributed by atoms with Gasteiger partial charge in [-0.2, -0.15) is 0 Å². The summed E-state index contributed by atoms with van der Waals surface area (Å²) >= 11 is 0. The number of benzene rings is 3. The molecule has 0 aliphatic heterocycles. The first kappa shape index (κ1) is 38.3. The summed E-state index contributed by atoms with van der Waals surface area (Å²) in [6.45, 7) is 9.72. The highest BCUT2D eigenvalue weighted by atomic mass is 16.5. The first-order chi connectivity index (χ1) is 23.0. The van der Waals surface area contributed by atoms with Gasteiger partial charge in [0.05, 0.1) is 14.2 Å². The summed E-state index contributed by atoms with van der Waals surface area (Å²) in [6, 6.07) is 0. The van der Waals surface area contributed by atoms with Gasteiger partial charge in [-0.05, 0) is 33.1 Å². The monoisotopic (exact) mass is 682 g/mol. The van der Waals surface area contributed by atoms with E-state index in [0.717, 1.165) is 0 Å². The zero-order valence-electron chi connectivity index (χ0n) is 29.2. The molecule has 0 bridgehead atoms. The average molecular weight is 683 g/mol. The molecule has 12 nitrogen and oxygen atoms in total. The SMILES string of the molecule is CCCC(=O)c1c(O)c(Cc2c(O)c(Cc3c(O)c(C)c(OC)c(C(=O)CCC)c3O)c(O)c(C(=O)[C@@H](C)CC)c2O)c(O)c(C)c1OC. The normalized spacial score (nSPS) is 11.8. The summed E-state index contributed by atoms with van der Waals surface area (Å²) in [7, 11) is 2.54. The molecule has 0 amide bonds. The lowest BCUT2D eigenvalue weighted by Crippen LogP contribution is -2.13. The molecule has 0 heterocycles. The summed E-state index contributed by atoms with van der Waals surface area (Å²) in [5, 5.41) is 79.6. The van der Waals surface area contributed by atoms with Crippen LogP contribution in [0.5, 0.6) is 51.7 Å². The summed E-state index contributed by atoms with van der Waals surface area (Å²) < 4.78 is 10.7. The second kappa shape index (κ2) is 15.4. The lowest BCUT2D eigenvalue weighted by atomic mass is 9.85. The molecule has 0 saturated carbocycles. The van der Waals surface area contributed by atoms with Crippen molar-refractivity contribution in [3.05, 3.63) is 50.1 Å². The number of aromatic hydroxyl groups is 7. The number of ether oxygens (including phenoxy) is 2. The fourth-order valence-corrected chi connectivity index (χ4v) is 6.02. The molecule has 49 heavy (non-hydrogen) atoms. The van der Waals surface area contributed by atoms with Gasteiger partial charge in [-0.25, -0.2) is 0 Å². The van der Waals surface area contributed by atoms with Gasteiger partial charge in [-0.15, -0.1) is 0 Å². The van der Waals surface area contributed by atoms with Gasteiger partial charge in [-0.3, -0.25) is 14.4 Å². The maximum atomic E-state index is 13.6. The molecule has 0 unspecified atom stereocenters. The van der Waals surface area contributed by atoms with Crippen LogP contribution in [0.4, 0.5) is 0 Å². The molecule has 3 aromatic carbocycles. The van der Waals surface area contributed by atoms with Gasteiger partial charge in [0.2, 0.25) is 0 Å². The Morgan fingerprint density at radius 2 is 0.878 bits per heavy atom. The molecule has 0 saturated heterocycles. The maximum Gasteiger partial charge on any atom is 0.173 e. The number of Topliss-reactive ketones (excluding diaryl/α,β-unsaturated/α-hetero) is 3. The minimum absolute atomic E-state index is 0.0397. The Bertz CT molecular complexity index is 1690. The van der Waals surface area contributed by atoms with E-state index in [4.69, 9.17) is 9.47 Å². The number of hydrogen-bond acceptors (Lipinski definition) is 12. The number of methoxy groups -OCH3 is 2. The van der Waals surface area contributed by atoms with E-state index < -0.39 is 93.0 Å². The third kappa shape index (κ3) is 6.77. The minimum atomic E-state index is -0.837. The smallest absolute Gasteiger partial charge is 0.173 e. The topological polar surface area (TPSA) is 211 Å². The van der Waals surface area contributed by atoms with Crippen molar-refractivity contribution in [1.29, 1.82) is 0 Å². The number of phenolic OH excluding ortho intramolecular Hbond substituents is 7. The van der Waals surface area contributed by atoms with Gasteiger partial charge in [0.1, 0.15) is 68.4 Å². The highest BCUT2D eigenvalue weighted by Gasteiger charge is 2.34. The quantitative estimate of drug-likeness (QED) is 0.0842. The maximum absolute atomic E-state index is 13.6. The molecule has 3 rings (SSSR count). The highest BCUT2D eigenvalue weighted by Crippen LogP contribution is 2.51. The first-order valence-electron chi connectivity index (χ1n) is 16.2. The molecule has 1 atom stereocenters. The Kier molecular flexibility index (Phi) is 12.0. The molecule has 0 aromatic heterocycles. The zero-order chi connectivity index (χ0) is 37.1. The van der Waals surface area contributed by atoms with Gasteiger partial charge in [0.25, 0.3) is 0 Å². The lowest BCUT2D eigenvalue weighted by molar-refractivity contribution is 0.0919. The number of ketones is 3. The summed E-state index contributed by atoms with van der Waals surface area (Å²) in [5.74, 6) is -7.31. The number of rotatable bonds is 15. The van der Waals surface area contributed by atoms with E-state index >= 15 is 0 Å². The van der Waals surface area contributed by atoms with Crippen molar-refractivity contribution in [2.24, 2.45) is 5.92 Å². The van der Waals surface area contributed by atoms with Crippen molar-refractivity contribution in [1.82, 2.24) is 0 Å². The third-order valence-electron chi connectivity index (χ3n) is 9.01. The Hall–Kier alpha value is -5.13. The van der Waals surface area contributed by atoms with E-state index in [1.54, 1.807) is 27.7 Å². The van der Waals surface area contributed by atoms with Gasteiger partial charge in [0.15, 0.2) is 17.3 Å². The van der Waals surface area contributed by atoms with E-state index in [1.807, 2.05) is 0 Å². The van der Waals surface area contributed by atoms with Crippen LogP contribution in [-0.2, 0) is 12.8 Å². The average Bonchev–Trinajstić information content (AvgIpc) is 3.06. The Balaban J connectivity index is 2.45. The molecule has 266 valence electrons. The molecule has 0 radical (unpaired) electrons. The van der Waals surface area contributed by atoms with Crippen molar-refractivity contribution >= 4 is 17.3 Å². The first-order valence-corrected chi connectivity index (χ1v) is 16.2. The molecule has 0 spiro atoms. The van der Waals surface area contributed by atoms with Crippen LogP contribution in [0.25, 0.3) is 0 Å². The van der Waals surface area contributed by atoms with Crippen LogP contribution >= 0.6 is 0 Å². The lowest BCUT2D eigenvalue weighted by Gasteiger charge is -2.23. The molecule has 3 aromatic rings. The van der Waals surface area contributed by atoms with Crippen LogP contribution in [0.15, 0.2) is 0 Å². The molecule has 0 fully saturated rings. The Morgan fingerprint density at radius 1 is 0.551 bits per heavy atom. The largest absolute Gasteiger partial charge is 0.507 e. The Labute approximate surface area is 285 Å². The molecular weight excluding hydrogens is 636 g/mol. The fraction of sp³-hybridized carbons (Fsp3) is 0.432. The van der Waals surface area contributed by atoms with Crippen molar-refractivity contribution < 1.29 is 59.6 Å². The van der Waals surface area contributed by atoms with Crippen LogP contribution in [0.1, 0.15) is 124 Å². The fourth-order valence-electron chi connectivity index (χ4n) is 6.02. The van der Waals surface area contributed by atoms with Gasteiger partial charge in [-0.1, -0.05) is 27.7 Å². The minimum Gasteiger partial charge on any atom is -0.507 e. The predicted octanol–water partition coefficient (Wildman–Crippen LogP) is 6.64. The van der Waals surface area contributed by atoms with E-state index in [1.165, 1.54) is 28.1 Å². The molecule has 7 N–H and O–H groups in total. The van der Waals surface area contributed by atoms with Crippen molar-refractivity contribution in [3.63, 3.8) is 0 Å². The van der Waals surface area contributed by atoms with E-state index in [0.29, 0.717) is 19.3 Å². The van der Waals surface area contributed by atoms with Gasteiger partial charge >= 0.3 is 0 Å². The van der Waals surface area contributed by atoms with Gasteiger partial charge in [0, 0.05) is 65.0 Å². The molecule has 0 aliphatic carbocycles. The van der Waals surface area contributed by atoms with Crippen LogP contribution in [0.2, 0.25) is 0 Å². The van der Waals surface area contributed by atoms with E-state index in [9.17, 15) is 50.1 Å².